The van der Waals surface area contributed by atoms with Crippen LogP contribution in [-0.2, 0) is 4.79 Å². The third-order valence-electron chi connectivity index (χ3n) is 2.25. The average Bonchev–Trinajstić information content (AvgIpc) is 2.90. The molecule has 5 nitrogen and oxygen atoms in total. The minimum Gasteiger partial charge on any atom is -0.478 e. The van der Waals surface area contributed by atoms with E-state index in [2.05, 4.69) is 10.3 Å². The standard InChI is InChI=1S/C13H10N2O3S/c16-12(4-3-9-2-1-7-19-9)15-11-8-14-6-5-10(11)13(17)18/h1-8H,(H,15,16)(H,17,18). The number of nitrogens with one attached hydrogen (secondary N) is 1. The average molecular weight is 274 g/mol. The van der Waals surface area contributed by atoms with Crippen molar-refractivity contribution in [1.29, 1.82) is 0 Å². The van der Waals surface area contributed by atoms with Crippen molar-refractivity contribution in [3.05, 3.63) is 52.5 Å². The number of carboxylic acids is 1. The maximum absolute atomic E-state index is 11.7. The Morgan fingerprint density at radius 1 is 1.37 bits per heavy atom. The third-order valence-corrected chi connectivity index (χ3v) is 3.09. The Morgan fingerprint density at radius 3 is 2.89 bits per heavy atom. The van der Waals surface area contributed by atoms with Crippen LogP contribution in [0.15, 0.2) is 42.0 Å². The van der Waals surface area contributed by atoms with Gasteiger partial charge in [-0.15, -0.1) is 11.3 Å². The van der Waals surface area contributed by atoms with Crippen LogP contribution in [0.3, 0.4) is 0 Å². The predicted octanol–water partition coefficient (Wildman–Crippen LogP) is 2.49. The molecule has 0 fully saturated rings. The normalized spacial score (nSPS) is 10.5. The summed E-state index contributed by atoms with van der Waals surface area (Å²) in [5.74, 6) is -1.51. The number of pyridine rings is 1. The van der Waals surface area contributed by atoms with Crippen molar-refractivity contribution in [2.75, 3.05) is 5.32 Å². The van der Waals surface area contributed by atoms with Gasteiger partial charge in [0, 0.05) is 17.2 Å². The van der Waals surface area contributed by atoms with Crippen molar-refractivity contribution in [2.45, 2.75) is 0 Å². The molecule has 1 amide bonds. The van der Waals surface area contributed by atoms with Crippen molar-refractivity contribution < 1.29 is 14.7 Å². The molecule has 96 valence electrons. The van der Waals surface area contributed by atoms with E-state index in [9.17, 15) is 9.59 Å². The first-order valence-corrected chi connectivity index (χ1v) is 6.24. The van der Waals surface area contributed by atoms with Gasteiger partial charge in [0.05, 0.1) is 17.4 Å². The number of carboxylic acid groups (broad SMARTS) is 1. The first-order valence-electron chi connectivity index (χ1n) is 5.36. The van der Waals surface area contributed by atoms with E-state index in [1.54, 1.807) is 6.08 Å². The molecule has 0 atom stereocenters. The summed E-state index contributed by atoms with van der Waals surface area (Å²) in [4.78, 5) is 27.4. The molecule has 0 saturated heterocycles. The number of amides is 1. The van der Waals surface area contributed by atoms with Gasteiger partial charge in [-0.2, -0.15) is 0 Å². The minimum absolute atomic E-state index is 0.00729. The van der Waals surface area contributed by atoms with Gasteiger partial charge in [-0.05, 0) is 23.6 Å². The Bertz CT molecular complexity index is 621. The van der Waals surface area contributed by atoms with Crippen LogP contribution in [0.1, 0.15) is 15.2 Å². The summed E-state index contributed by atoms with van der Waals surface area (Å²) in [7, 11) is 0. The number of nitrogens with zero attached hydrogens (tertiary/aromatic N) is 1. The number of carbonyl (C=O) groups is 2. The first kappa shape index (κ1) is 13.0. The number of aromatic nitrogens is 1. The van der Waals surface area contributed by atoms with E-state index >= 15 is 0 Å². The van der Waals surface area contributed by atoms with Crippen LogP contribution in [0.2, 0.25) is 0 Å². The number of rotatable bonds is 4. The van der Waals surface area contributed by atoms with Gasteiger partial charge in [-0.3, -0.25) is 9.78 Å². The molecule has 0 aliphatic carbocycles. The molecule has 0 radical (unpaired) electrons. The maximum Gasteiger partial charge on any atom is 0.337 e. The second-order valence-corrected chi connectivity index (χ2v) is 4.54. The van der Waals surface area contributed by atoms with Crippen LogP contribution in [0.4, 0.5) is 5.69 Å². The summed E-state index contributed by atoms with van der Waals surface area (Å²) < 4.78 is 0. The number of aromatic carboxylic acids is 1. The van der Waals surface area contributed by atoms with E-state index in [1.165, 1.54) is 35.9 Å². The van der Waals surface area contributed by atoms with Crippen LogP contribution in [0.25, 0.3) is 6.08 Å². The lowest BCUT2D eigenvalue weighted by molar-refractivity contribution is -0.111. The number of anilines is 1. The van der Waals surface area contributed by atoms with E-state index in [4.69, 9.17) is 5.11 Å². The Balaban J connectivity index is 2.09. The molecule has 2 aromatic heterocycles. The highest BCUT2D eigenvalue weighted by molar-refractivity contribution is 7.10. The zero-order valence-electron chi connectivity index (χ0n) is 9.74. The zero-order chi connectivity index (χ0) is 13.7. The molecule has 2 heterocycles. The van der Waals surface area contributed by atoms with E-state index in [0.29, 0.717) is 0 Å². The third kappa shape index (κ3) is 3.49. The molecule has 0 bridgehead atoms. The highest BCUT2D eigenvalue weighted by Crippen LogP contribution is 2.14. The Kier molecular flexibility index (Phi) is 4.04. The molecule has 2 rings (SSSR count). The SMILES string of the molecule is O=C(C=Cc1cccs1)Nc1cnccc1C(=O)O. The summed E-state index contributed by atoms with van der Waals surface area (Å²) in [5.41, 5.74) is 0.184. The van der Waals surface area contributed by atoms with Crippen LogP contribution in [0.5, 0.6) is 0 Å². The van der Waals surface area contributed by atoms with Gasteiger partial charge < -0.3 is 10.4 Å². The largest absolute Gasteiger partial charge is 0.478 e. The smallest absolute Gasteiger partial charge is 0.337 e. The molecule has 0 saturated carbocycles. The molecule has 0 aromatic carbocycles. The van der Waals surface area contributed by atoms with Crippen LogP contribution in [0, 0.1) is 0 Å². The second kappa shape index (κ2) is 5.92. The predicted molar refractivity (Wildman–Crippen MR) is 73.2 cm³/mol. The second-order valence-electron chi connectivity index (χ2n) is 3.56. The van der Waals surface area contributed by atoms with Gasteiger partial charge in [0.15, 0.2) is 0 Å². The highest BCUT2D eigenvalue weighted by atomic mass is 32.1. The van der Waals surface area contributed by atoms with E-state index < -0.39 is 11.9 Å². The van der Waals surface area contributed by atoms with Crippen molar-refractivity contribution in [3.63, 3.8) is 0 Å². The number of thiophene rings is 1. The summed E-state index contributed by atoms with van der Waals surface area (Å²) >= 11 is 1.51. The van der Waals surface area contributed by atoms with E-state index in [1.807, 2.05) is 17.5 Å². The molecule has 0 spiro atoms. The lowest BCUT2D eigenvalue weighted by Gasteiger charge is -2.04. The van der Waals surface area contributed by atoms with Crippen molar-refractivity contribution in [3.8, 4) is 0 Å². The highest BCUT2D eigenvalue weighted by Gasteiger charge is 2.10. The summed E-state index contributed by atoms with van der Waals surface area (Å²) in [6.45, 7) is 0. The lowest BCUT2D eigenvalue weighted by Crippen LogP contribution is -2.12. The Morgan fingerprint density at radius 2 is 2.21 bits per heavy atom. The van der Waals surface area contributed by atoms with Gasteiger partial charge in [0.25, 0.3) is 0 Å². The minimum atomic E-state index is -1.11. The van der Waals surface area contributed by atoms with Crippen molar-refractivity contribution >= 4 is 35.0 Å². The maximum atomic E-state index is 11.7. The molecule has 19 heavy (non-hydrogen) atoms. The summed E-state index contributed by atoms with van der Waals surface area (Å²) in [6.07, 6.45) is 5.68. The van der Waals surface area contributed by atoms with Crippen molar-refractivity contribution in [1.82, 2.24) is 4.98 Å². The lowest BCUT2D eigenvalue weighted by atomic mass is 10.2. The van der Waals surface area contributed by atoms with Gasteiger partial charge in [0.1, 0.15) is 0 Å². The number of carbonyl (C=O) groups excluding carboxylic acids is 1. The van der Waals surface area contributed by atoms with Crippen LogP contribution < -0.4 is 5.32 Å². The molecule has 6 heteroatoms. The molecular formula is C13H10N2O3S. The molecule has 0 unspecified atom stereocenters. The topological polar surface area (TPSA) is 79.3 Å². The molecule has 0 aliphatic heterocycles. The fourth-order valence-corrected chi connectivity index (χ4v) is 2.02. The quantitative estimate of drug-likeness (QED) is 0.839. The molecular weight excluding hydrogens is 264 g/mol. The zero-order valence-corrected chi connectivity index (χ0v) is 10.6. The molecule has 2 N–H and O–H groups in total. The van der Waals surface area contributed by atoms with Gasteiger partial charge in [-0.25, -0.2) is 4.79 Å². The summed E-state index contributed by atoms with van der Waals surface area (Å²) in [5, 5.41) is 13.4. The van der Waals surface area contributed by atoms with E-state index in [0.717, 1.165) is 4.88 Å². The fraction of sp³-hybridized carbons (Fsp3) is 0. The van der Waals surface area contributed by atoms with Gasteiger partial charge in [-0.1, -0.05) is 6.07 Å². The van der Waals surface area contributed by atoms with Gasteiger partial charge >= 0.3 is 5.97 Å². The number of hydrogen-bond donors (Lipinski definition) is 2. The first-order chi connectivity index (χ1) is 9.16. The van der Waals surface area contributed by atoms with Crippen LogP contribution >= 0.6 is 11.3 Å². The van der Waals surface area contributed by atoms with Gasteiger partial charge in [0.2, 0.25) is 5.91 Å². The summed E-state index contributed by atoms with van der Waals surface area (Å²) in [6, 6.07) is 5.09. The Labute approximate surface area is 113 Å². The number of hydrogen-bond acceptors (Lipinski definition) is 4. The molecule has 2 aromatic rings. The Hall–Kier alpha value is -2.47. The van der Waals surface area contributed by atoms with Crippen molar-refractivity contribution in [2.24, 2.45) is 0 Å². The monoisotopic (exact) mass is 274 g/mol. The fourth-order valence-electron chi connectivity index (χ4n) is 1.40. The van der Waals surface area contributed by atoms with Crippen LogP contribution in [-0.4, -0.2) is 22.0 Å². The van der Waals surface area contributed by atoms with E-state index in [-0.39, 0.29) is 11.3 Å². The molecule has 0 aliphatic rings.